The predicted octanol–water partition coefficient (Wildman–Crippen LogP) is 6.04. The second-order valence-electron chi connectivity index (χ2n) is 6.90. The first-order valence-electron chi connectivity index (χ1n) is 8.68. The van der Waals surface area contributed by atoms with Crippen LogP contribution in [-0.4, -0.2) is 25.0 Å². The molecule has 0 aromatic heterocycles. The lowest BCUT2D eigenvalue weighted by Gasteiger charge is -2.30. The molecule has 1 heterocycles. The lowest BCUT2D eigenvalue weighted by molar-refractivity contribution is -0.275. The van der Waals surface area contributed by atoms with Crippen molar-refractivity contribution in [3.8, 4) is 0 Å². The van der Waals surface area contributed by atoms with Crippen molar-refractivity contribution in [1.29, 1.82) is 0 Å². The van der Waals surface area contributed by atoms with E-state index in [-0.39, 0.29) is 21.9 Å². The van der Waals surface area contributed by atoms with Gasteiger partial charge in [0.2, 0.25) is 0 Å². The van der Waals surface area contributed by atoms with Gasteiger partial charge in [-0.25, -0.2) is 4.79 Å². The van der Waals surface area contributed by atoms with Crippen LogP contribution in [-0.2, 0) is 21.4 Å². The number of nitrogens with zero attached hydrogens (tertiary/aromatic N) is 1. The molecule has 1 unspecified atom stereocenters. The number of hydrogen-bond acceptors (Lipinski definition) is 4. The molecule has 0 N–H and O–H groups in total. The van der Waals surface area contributed by atoms with Crippen molar-refractivity contribution in [3.63, 3.8) is 0 Å². The Morgan fingerprint density at radius 3 is 2.35 bits per heavy atom. The summed E-state index contributed by atoms with van der Waals surface area (Å²) in [6.07, 6.45) is -10.8. The monoisotopic (exact) mass is 465 g/mol. The average Bonchev–Trinajstić information content (AvgIpc) is 3.12. The van der Waals surface area contributed by atoms with E-state index < -0.39 is 41.5 Å². The van der Waals surface area contributed by atoms with E-state index in [1.54, 1.807) is 0 Å². The maximum Gasteiger partial charge on any atom is 0.435 e. The fraction of sp³-hybridized carbons (Fsp3) is 0.300. The summed E-state index contributed by atoms with van der Waals surface area (Å²) in [4.78, 5) is 16.5. The lowest BCUT2D eigenvalue weighted by Crippen LogP contribution is -2.42. The number of carbonyl (C=O) groups excluding carboxylic acids is 1. The molecular weight excluding hydrogens is 452 g/mol. The molecule has 0 bridgehead atoms. The van der Waals surface area contributed by atoms with E-state index in [2.05, 4.69) is 9.89 Å². The van der Waals surface area contributed by atoms with E-state index in [9.17, 15) is 31.1 Å². The molecule has 2 aromatic rings. The van der Waals surface area contributed by atoms with Gasteiger partial charge in [0.15, 0.2) is 0 Å². The standard InChI is InChI=1S/C20H14ClF6NO3/c1-10-5-12(8-13(21)6-10)18(20(25,26)27)9-16(28-31-18)11-3-4-14(17(29)30-2)15(7-11)19(22,23)24/h3-8H,9H2,1-2H3. The smallest absolute Gasteiger partial charge is 0.435 e. The van der Waals surface area contributed by atoms with Crippen LogP contribution in [0.25, 0.3) is 0 Å². The average molecular weight is 466 g/mol. The maximum absolute atomic E-state index is 14.1. The van der Waals surface area contributed by atoms with Crippen LogP contribution in [0.5, 0.6) is 0 Å². The molecule has 31 heavy (non-hydrogen) atoms. The molecule has 0 spiro atoms. The number of hydrogen-bond donors (Lipinski definition) is 0. The molecule has 1 atom stereocenters. The summed E-state index contributed by atoms with van der Waals surface area (Å²) >= 11 is 5.90. The highest BCUT2D eigenvalue weighted by Gasteiger charge is 2.62. The Balaban J connectivity index is 2.07. The topological polar surface area (TPSA) is 47.9 Å². The molecule has 166 valence electrons. The zero-order valence-corrected chi connectivity index (χ0v) is 16.7. The second kappa shape index (κ2) is 7.74. The Bertz CT molecular complexity index is 1040. The zero-order valence-electron chi connectivity index (χ0n) is 16.0. The molecule has 2 aromatic carbocycles. The Labute approximate surface area is 177 Å². The van der Waals surface area contributed by atoms with Gasteiger partial charge in [-0.3, -0.25) is 0 Å². The molecule has 3 rings (SSSR count). The lowest BCUT2D eigenvalue weighted by atomic mass is 9.85. The number of methoxy groups -OCH3 is 1. The van der Waals surface area contributed by atoms with Crippen molar-refractivity contribution in [2.24, 2.45) is 5.16 Å². The Morgan fingerprint density at radius 2 is 1.81 bits per heavy atom. The fourth-order valence-electron chi connectivity index (χ4n) is 3.27. The van der Waals surface area contributed by atoms with Crippen LogP contribution >= 0.6 is 11.6 Å². The van der Waals surface area contributed by atoms with E-state index in [0.717, 1.165) is 25.3 Å². The molecule has 0 fully saturated rings. The number of alkyl halides is 6. The van der Waals surface area contributed by atoms with Gasteiger partial charge in [0.05, 0.1) is 23.9 Å². The van der Waals surface area contributed by atoms with Gasteiger partial charge in [0.1, 0.15) is 0 Å². The highest BCUT2D eigenvalue weighted by Crippen LogP contribution is 2.49. The van der Waals surface area contributed by atoms with E-state index in [0.29, 0.717) is 11.6 Å². The molecule has 0 radical (unpaired) electrons. The van der Waals surface area contributed by atoms with Crippen LogP contribution in [0.3, 0.4) is 0 Å². The van der Waals surface area contributed by atoms with Crippen molar-refractivity contribution in [2.45, 2.75) is 31.3 Å². The highest BCUT2D eigenvalue weighted by atomic mass is 35.5. The summed E-state index contributed by atoms with van der Waals surface area (Å²) in [6, 6.07) is 6.17. The summed E-state index contributed by atoms with van der Waals surface area (Å²) in [5, 5.41) is 3.49. The van der Waals surface area contributed by atoms with E-state index in [4.69, 9.17) is 16.4 Å². The summed E-state index contributed by atoms with van der Waals surface area (Å²) in [5.41, 5.74) is -5.58. The van der Waals surface area contributed by atoms with Crippen LogP contribution in [0, 0.1) is 6.92 Å². The maximum atomic E-state index is 14.1. The van der Waals surface area contributed by atoms with Gasteiger partial charge >= 0.3 is 18.3 Å². The van der Waals surface area contributed by atoms with Gasteiger partial charge in [-0.2, -0.15) is 26.3 Å². The van der Waals surface area contributed by atoms with Crippen LogP contribution in [0.4, 0.5) is 26.3 Å². The van der Waals surface area contributed by atoms with Gasteiger partial charge in [0.25, 0.3) is 5.60 Å². The molecule has 0 aliphatic carbocycles. The van der Waals surface area contributed by atoms with Gasteiger partial charge in [0, 0.05) is 22.6 Å². The highest BCUT2D eigenvalue weighted by molar-refractivity contribution is 6.30. The van der Waals surface area contributed by atoms with E-state index >= 15 is 0 Å². The van der Waals surface area contributed by atoms with Crippen LogP contribution in [0.1, 0.15) is 39.0 Å². The minimum atomic E-state index is -4.95. The predicted molar refractivity (Wildman–Crippen MR) is 98.9 cm³/mol. The SMILES string of the molecule is COC(=O)c1ccc(C2=NOC(c3cc(C)cc(Cl)c3)(C(F)(F)F)C2)cc1C(F)(F)F. The fourth-order valence-corrected chi connectivity index (χ4v) is 3.56. The van der Waals surface area contributed by atoms with Crippen molar-refractivity contribution >= 4 is 23.3 Å². The number of aryl methyl sites for hydroxylation is 1. The Hall–Kier alpha value is -2.75. The van der Waals surface area contributed by atoms with E-state index in [1.807, 2.05) is 0 Å². The van der Waals surface area contributed by atoms with Crippen molar-refractivity contribution in [2.75, 3.05) is 7.11 Å². The third-order valence-electron chi connectivity index (χ3n) is 4.76. The zero-order chi connectivity index (χ0) is 23.2. The first kappa shape index (κ1) is 22.9. The molecule has 0 amide bonds. The normalized spacial score (nSPS) is 19.1. The number of ether oxygens (including phenoxy) is 1. The summed E-state index contributed by atoms with van der Waals surface area (Å²) in [5.74, 6) is -1.23. The second-order valence-corrected chi connectivity index (χ2v) is 7.33. The minimum Gasteiger partial charge on any atom is -0.465 e. The number of carbonyl (C=O) groups is 1. The summed E-state index contributed by atoms with van der Waals surface area (Å²) in [7, 11) is 0.913. The first-order valence-corrected chi connectivity index (χ1v) is 9.05. The molecule has 4 nitrogen and oxygen atoms in total. The molecule has 1 aliphatic heterocycles. The van der Waals surface area contributed by atoms with Gasteiger partial charge in [-0.1, -0.05) is 28.9 Å². The Kier molecular flexibility index (Phi) is 5.72. The van der Waals surface area contributed by atoms with Crippen molar-refractivity contribution in [3.05, 3.63) is 69.2 Å². The number of oxime groups is 1. The first-order chi connectivity index (χ1) is 14.3. The summed E-state index contributed by atoms with van der Waals surface area (Å²) in [6.45, 7) is 1.54. The van der Waals surface area contributed by atoms with Crippen LogP contribution in [0.2, 0.25) is 5.02 Å². The number of esters is 1. The minimum absolute atomic E-state index is 0.0393. The molecule has 0 saturated heterocycles. The molecular formula is C20H14ClF6NO3. The molecule has 0 saturated carbocycles. The van der Waals surface area contributed by atoms with Crippen LogP contribution in [0.15, 0.2) is 41.6 Å². The van der Waals surface area contributed by atoms with Gasteiger partial charge in [-0.15, -0.1) is 0 Å². The number of rotatable bonds is 3. The molecule has 1 aliphatic rings. The quantitative estimate of drug-likeness (QED) is 0.410. The van der Waals surface area contributed by atoms with Crippen molar-refractivity contribution < 1.29 is 40.7 Å². The van der Waals surface area contributed by atoms with Crippen LogP contribution < -0.4 is 0 Å². The number of halogens is 7. The van der Waals surface area contributed by atoms with Gasteiger partial charge in [-0.05, 0) is 36.8 Å². The third-order valence-corrected chi connectivity index (χ3v) is 4.98. The number of benzene rings is 2. The Morgan fingerprint density at radius 1 is 1.13 bits per heavy atom. The largest absolute Gasteiger partial charge is 0.465 e. The van der Waals surface area contributed by atoms with Crippen molar-refractivity contribution in [1.82, 2.24) is 0 Å². The summed E-state index contributed by atoms with van der Waals surface area (Å²) < 4.78 is 86.8. The van der Waals surface area contributed by atoms with E-state index in [1.165, 1.54) is 19.1 Å². The molecule has 11 heteroatoms. The third kappa shape index (κ3) is 4.21. The van der Waals surface area contributed by atoms with Gasteiger partial charge < -0.3 is 9.57 Å².